The standard InChI is InChI=1S/C9H11NS.C2H6/c11-9-5-6-10-8-4-2-1-3-7(8)9;1-2/h1-4,9-11H,5-6H2;1-2H3. The van der Waals surface area contributed by atoms with Crippen LogP contribution >= 0.6 is 12.6 Å². The molecule has 1 heterocycles. The number of thiol groups is 1. The molecular weight excluding hydrogens is 178 g/mol. The molecule has 1 nitrogen and oxygen atoms in total. The van der Waals surface area contributed by atoms with Crippen molar-refractivity contribution in [1.29, 1.82) is 0 Å². The largest absolute Gasteiger partial charge is 0.385 e. The molecule has 1 N–H and O–H groups in total. The van der Waals surface area contributed by atoms with Gasteiger partial charge in [0, 0.05) is 17.5 Å². The Kier molecular flexibility index (Phi) is 4.16. The summed E-state index contributed by atoms with van der Waals surface area (Å²) in [6.07, 6.45) is 1.13. The molecule has 0 amide bonds. The zero-order valence-electron chi connectivity index (χ0n) is 8.25. The Morgan fingerprint density at radius 1 is 1.31 bits per heavy atom. The highest BCUT2D eigenvalue weighted by Gasteiger charge is 2.14. The molecule has 1 aromatic rings. The van der Waals surface area contributed by atoms with Gasteiger partial charge in [0.05, 0.1) is 0 Å². The van der Waals surface area contributed by atoms with Crippen LogP contribution in [0, 0.1) is 0 Å². The molecule has 0 fully saturated rings. The lowest BCUT2D eigenvalue weighted by molar-refractivity contribution is 0.816. The molecule has 0 aliphatic carbocycles. The second kappa shape index (κ2) is 5.18. The van der Waals surface area contributed by atoms with E-state index >= 15 is 0 Å². The van der Waals surface area contributed by atoms with Gasteiger partial charge in [-0.1, -0.05) is 32.0 Å². The highest BCUT2D eigenvalue weighted by molar-refractivity contribution is 7.80. The van der Waals surface area contributed by atoms with Gasteiger partial charge >= 0.3 is 0 Å². The number of benzene rings is 1. The van der Waals surface area contributed by atoms with Crippen molar-refractivity contribution in [2.24, 2.45) is 0 Å². The van der Waals surface area contributed by atoms with Gasteiger partial charge in [-0.25, -0.2) is 0 Å². The SMILES string of the molecule is CC.SC1CCNc2ccccc21. The first-order chi connectivity index (χ1) is 6.38. The van der Waals surface area contributed by atoms with Crippen LogP contribution in [0.3, 0.4) is 0 Å². The molecule has 1 unspecified atom stereocenters. The first kappa shape index (κ1) is 10.5. The lowest BCUT2D eigenvalue weighted by Gasteiger charge is -2.22. The minimum atomic E-state index is 0.424. The van der Waals surface area contributed by atoms with Crippen molar-refractivity contribution >= 4 is 18.3 Å². The highest BCUT2D eigenvalue weighted by atomic mass is 32.1. The molecule has 0 radical (unpaired) electrons. The van der Waals surface area contributed by atoms with Gasteiger partial charge < -0.3 is 5.32 Å². The molecule has 2 rings (SSSR count). The maximum atomic E-state index is 4.50. The van der Waals surface area contributed by atoms with Crippen molar-refractivity contribution in [3.8, 4) is 0 Å². The van der Waals surface area contributed by atoms with Crippen molar-refractivity contribution in [3.05, 3.63) is 29.8 Å². The van der Waals surface area contributed by atoms with Gasteiger partial charge in [0.25, 0.3) is 0 Å². The summed E-state index contributed by atoms with van der Waals surface area (Å²) in [5.41, 5.74) is 2.58. The molecule has 1 atom stereocenters. The molecule has 0 bridgehead atoms. The number of fused-ring (bicyclic) bond motifs is 1. The average Bonchev–Trinajstić information content (AvgIpc) is 2.22. The van der Waals surface area contributed by atoms with Crippen LogP contribution in [0.5, 0.6) is 0 Å². The van der Waals surface area contributed by atoms with Crippen LogP contribution in [0.4, 0.5) is 5.69 Å². The monoisotopic (exact) mass is 195 g/mol. The average molecular weight is 195 g/mol. The van der Waals surface area contributed by atoms with Crippen LogP contribution in [0.1, 0.15) is 31.1 Å². The van der Waals surface area contributed by atoms with Crippen molar-refractivity contribution in [2.45, 2.75) is 25.5 Å². The number of para-hydroxylation sites is 1. The smallest absolute Gasteiger partial charge is 0.0384 e. The second-order valence-electron chi connectivity index (χ2n) is 2.82. The molecule has 1 aromatic carbocycles. The predicted octanol–water partition coefficient (Wildman–Crippen LogP) is 3.50. The van der Waals surface area contributed by atoms with Gasteiger partial charge in [0.2, 0.25) is 0 Å². The lowest BCUT2D eigenvalue weighted by atomic mass is 10.0. The van der Waals surface area contributed by atoms with Crippen molar-refractivity contribution in [2.75, 3.05) is 11.9 Å². The van der Waals surface area contributed by atoms with E-state index < -0.39 is 0 Å². The van der Waals surface area contributed by atoms with E-state index in [0.29, 0.717) is 5.25 Å². The Morgan fingerprint density at radius 2 is 2.00 bits per heavy atom. The Balaban J connectivity index is 0.000000396. The van der Waals surface area contributed by atoms with Gasteiger partial charge in [0.15, 0.2) is 0 Å². The zero-order chi connectivity index (χ0) is 9.68. The van der Waals surface area contributed by atoms with Crippen LogP contribution < -0.4 is 5.32 Å². The molecule has 13 heavy (non-hydrogen) atoms. The summed E-state index contributed by atoms with van der Waals surface area (Å²) in [5.74, 6) is 0. The van der Waals surface area contributed by atoms with Crippen LogP contribution in [0.25, 0.3) is 0 Å². The van der Waals surface area contributed by atoms with E-state index in [2.05, 4.69) is 42.2 Å². The summed E-state index contributed by atoms with van der Waals surface area (Å²) in [5, 5.41) is 3.77. The minimum absolute atomic E-state index is 0.424. The molecule has 0 aromatic heterocycles. The third kappa shape index (κ3) is 2.41. The second-order valence-corrected chi connectivity index (χ2v) is 3.44. The maximum absolute atomic E-state index is 4.50. The first-order valence-electron chi connectivity index (χ1n) is 4.89. The highest BCUT2D eigenvalue weighted by Crippen LogP contribution is 2.33. The summed E-state index contributed by atoms with van der Waals surface area (Å²) in [6, 6.07) is 8.36. The summed E-state index contributed by atoms with van der Waals surface area (Å²) >= 11 is 4.50. The normalized spacial score (nSPS) is 19.2. The molecular formula is C11H17NS. The Morgan fingerprint density at radius 3 is 2.69 bits per heavy atom. The summed E-state index contributed by atoms with van der Waals surface area (Å²) in [6.45, 7) is 5.05. The number of hydrogen-bond donors (Lipinski definition) is 2. The van der Waals surface area contributed by atoms with Crippen LogP contribution in [0.2, 0.25) is 0 Å². The zero-order valence-corrected chi connectivity index (χ0v) is 9.14. The van der Waals surface area contributed by atoms with E-state index in [4.69, 9.17) is 0 Å². The number of hydrogen-bond acceptors (Lipinski definition) is 2. The fourth-order valence-corrected chi connectivity index (χ4v) is 1.80. The van der Waals surface area contributed by atoms with Crippen LogP contribution in [-0.2, 0) is 0 Å². The van der Waals surface area contributed by atoms with E-state index in [-0.39, 0.29) is 0 Å². The Bertz CT molecular complexity index is 260. The Hall–Kier alpha value is -0.630. The third-order valence-electron chi connectivity index (χ3n) is 2.05. The summed E-state index contributed by atoms with van der Waals surface area (Å²) < 4.78 is 0. The molecule has 1 aliphatic rings. The number of rotatable bonds is 0. The van der Waals surface area contributed by atoms with Gasteiger partial charge in [-0.3, -0.25) is 0 Å². The van der Waals surface area contributed by atoms with Gasteiger partial charge in [0.1, 0.15) is 0 Å². The van der Waals surface area contributed by atoms with E-state index in [9.17, 15) is 0 Å². The van der Waals surface area contributed by atoms with E-state index in [1.165, 1.54) is 11.3 Å². The molecule has 1 aliphatic heterocycles. The van der Waals surface area contributed by atoms with Crippen molar-refractivity contribution < 1.29 is 0 Å². The molecule has 72 valence electrons. The quantitative estimate of drug-likeness (QED) is 0.604. The predicted molar refractivity (Wildman–Crippen MR) is 62.6 cm³/mol. The maximum Gasteiger partial charge on any atom is 0.0384 e. The fourth-order valence-electron chi connectivity index (χ4n) is 1.45. The van der Waals surface area contributed by atoms with Crippen LogP contribution in [0.15, 0.2) is 24.3 Å². The minimum Gasteiger partial charge on any atom is -0.385 e. The first-order valence-corrected chi connectivity index (χ1v) is 5.40. The lowest BCUT2D eigenvalue weighted by Crippen LogP contribution is -2.13. The third-order valence-corrected chi connectivity index (χ3v) is 2.59. The number of anilines is 1. The van der Waals surface area contributed by atoms with E-state index in [0.717, 1.165) is 13.0 Å². The van der Waals surface area contributed by atoms with Crippen LogP contribution in [-0.4, -0.2) is 6.54 Å². The van der Waals surface area contributed by atoms with E-state index in [1.807, 2.05) is 13.8 Å². The summed E-state index contributed by atoms with van der Waals surface area (Å²) in [4.78, 5) is 0. The molecule has 2 heteroatoms. The van der Waals surface area contributed by atoms with Gasteiger partial charge in [-0.05, 0) is 18.1 Å². The summed E-state index contributed by atoms with van der Waals surface area (Å²) in [7, 11) is 0. The Labute approximate surface area is 86.0 Å². The molecule has 0 saturated heterocycles. The fraction of sp³-hybridized carbons (Fsp3) is 0.455. The molecule has 0 saturated carbocycles. The van der Waals surface area contributed by atoms with Crippen molar-refractivity contribution in [1.82, 2.24) is 0 Å². The topological polar surface area (TPSA) is 12.0 Å². The van der Waals surface area contributed by atoms with Crippen molar-refractivity contribution in [3.63, 3.8) is 0 Å². The van der Waals surface area contributed by atoms with Gasteiger partial charge in [-0.15, -0.1) is 0 Å². The van der Waals surface area contributed by atoms with E-state index in [1.54, 1.807) is 0 Å². The molecule has 0 spiro atoms. The van der Waals surface area contributed by atoms with Gasteiger partial charge in [-0.2, -0.15) is 12.6 Å². The number of nitrogens with one attached hydrogen (secondary N) is 1.